The number of hydrogen-bond acceptors (Lipinski definition) is 4. The van der Waals surface area contributed by atoms with Crippen LogP contribution in [0.3, 0.4) is 0 Å². The molecule has 0 fully saturated rings. The second-order valence-electron chi connectivity index (χ2n) is 7.32. The average Bonchev–Trinajstić information content (AvgIpc) is 2.85. The molecule has 1 amide bonds. The normalized spacial score (nSPS) is 19.9. The molecular formula is C18H26ClNO4S. The number of esters is 1. The van der Waals surface area contributed by atoms with E-state index in [1.165, 1.54) is 7.11 Å². The van der Waals surface area contributed by atoms with Gasteiger partial charge in [-0.15, -0.1) is 0 Å². The van der Waals surface area contributed by atoms with Crippen molar-refractivity contribution >= 4 is 33.7 Å². The second kappa shape index (κ2) is 7.87. The average molecular weight is 388 g/mol. The van der Waals surface area contributed by atoms with E-state index in [1.807, 2.05) is 18.2 Å². The number of nitrogens with one attached hydrogen (secondary N) is 1. The van der Waals surface area contributed by atoms with Gasteiger partial charge in [0.25, 0.3) is 0 Å². The number of carbonyl (C=O) groups excluding carboxylic acids is 2. The maximum atomic E-state index is 12.3. The van der Waals surface area contributed by atoms with E-state index in [1.54, 1.807) is 0 Å². The Hall–Kier alpha value is -1.40. The highest BCUT2D eigenvalue weighted by Gasteiger charge is 2.42. The Labute approximate surface area is 155 Å². The minimum atomic E-state index is -0.758. The maximum absolute atomic E-state index is 12.3. The molecule has 0 bridgehead atoms. The van der Waals surface area contributed by atoms with Crippen LogP contribution in [0.5, 0.6) is 0 Å². The molecule has 5 nitrogen and oxygen atoms in total. The van der Waals surface area contributed by atoms with Gasteiger partial charge in [0.05, 0.1) is 19.1 Å². The van der Waals surface area contributed by atoms with Gasteiger partial charge in [0, 0.05) is 10.8 Å². The highest BCUT2D eigenvalue weighted by atomic mass is 35.5. The summed E-state index contributed by atoms with van der Waals surface area (Å²) in [7, 11) is 0.612. The topological polar surface area (TPSA) is 64.6 Å². The molecule has 1 unspecified atom stereocenters. The van der Waals surface area contributed by atoms with Crippen molar-refractivity contribution < 1.29 is 19.1 Å². The Balaban J connectivity index is 2.09. The van der Waals surface area contributed by atoms with Gasteiger partial charge in [-0.2, -0.15) is 0 Å². The third-order valence-electron chi connectivity index (χ3n) is 4.27. The van der Waals surface area contributed by atoms with Crippen molar-refractivity contribution in [3.63, 3.8) is 0 Å². The highest BCUT2D eigenvalue weighted by molar-refractivity contribution is 8.32. The van der Waals surface area contributed by atoms with E-state index in [0.717, 1.165) is 16.9 Å². The molecule has 1 aromatic carbocycles. The standard InChI is InChI=1S/C18H26ClNO4S/c1-23-16(21)12-18(20-17(22)24-8-9-25(2,3)4)10-13-6-5-7-15(19)14(13)11-18/h5-7H,8-12H2,1-4H3,(H,20,22). The number of carbonyl (C=O) groups is 2. The van der Waals surface area contributed by atoms with Gasteiger partial charge in [-0.25, -0.2) is 14.8 Å². The first-order chi connectivity index (χ1) is 11.6. The van der Waals surface area contributed by atoms with Crippen LogP contribution in [0.4, 0.5) is 4.79 Å². The summed E-state index contributed by atoms with van der Waals surface area (Å²) in [4.78, 5) is 24.2. The van der Waals surface area contributed by atoms with E-state index in [9.17, 15) is 9.59 Å². The molecular weight excluding hydrogens is 362 g/mol. The first-order valence-electron chi connectivity index (χ1n) is 8.08. The summed E-state index contributed by atoms with van der Waals surface area (Å²) in [5, 5.41) is 3.56. The molecule has 0 aliphatic heterocycles. The van der Waals surface area contributed by atoms with Crippen molar-refractivity contribution in [3.8, 4) is 0 Å². The summed E-state index contributed by atoms with van der Waals surface area (Å²) < 4.78 is 10.1. The molecule has 2 rings (SSSR count). The molecule has 1 aliphatic carbocycles. The molecule has 0 radical (unpaired) electrons. The fourth-order valence-corrected chi connectivity index (χ4v) is 3.82. The van der Waals surface area contributed by atoms with Gasteiger partial charge < -0.3 is 14.8 Å². The fraction of sp³-hybridized carbons (Fsp3) is 0.556. The molecule has 0 saturated heterocycles. The van der Waals surface area contributed by atoms with E-state index in [0.29, 0.717) is 24.5 Å². The van der Waals surface area contributed by atoms with Crippen LogP contribution >= 0.6 is 21.6 Å². The van der Waals surface area contributed by atoms with Crippen LogP contribution in [0.15, 0.2) is 18.2 Å². The van der Waals surface area contributed by atoms with E-state index in [-0.39, 0.29) is 12.4 Å². The van der Waals surface area contributed by atoms with E-state index in [4.69, 9.17) is 21.1 Å². The lowest BCUT2D eigenvalue weighted by atomic mass is 9.91. The van der Waals surface area contributed by atoms with Crippen molar-refractivity contribution in [1.29, 1.82) is 0 Å². The Kier molecular flexibility index (Phi) is 6.27. The van der Waals surface area contributed by atoms with Gasteiger partial charge in [-0.3, -0.25) is 4.79 Å². The zero-order valence-corrected chi connectivity index (χ0v) is 16.8. The number of fused-ring (bicyclic) bond motifs is 1. The van der Waals surface area contributed by atoms with Crippen LogP contribution in [0.2, 0.25) is 5.02 Å². The predicted molar refractivity (Wildman–Crippen MR) is 103 cm³/mol. The van der Waals surface area contributed by atoms with E-state index in [2.05, 4.69) is 24.1 Å². The Morgan fingerprint density at radius 3 is 2.60 bits per heavy atom. The van der Waals surface area contributed by atoms with Crippen LogP contribution in [-0.2, 0) is 27.1 Å². The Morgan fingerprint density at radius 2 is 2.00 bits per heavy atom. The third-order valence-corrected chi connectivity index (χ3v) is 6.01. The SMILES string of the molecule is COC(=O)CC1(NC(=O)OCCS(C)(C)C)Cc2cccc(Cl)c2C1. The quantitative estimate of drug-likeness (QED) is 0.761. The Morgan fingerprint density at radius 1 is 1.28 bits per heavy atom. The summed E-state index contributed by atoms with van der Waals surface area (Å²) in [6, 6.07) is 5.66. The van der Waals surface area contributed by atoms with Gasteiger partial charge in [0.1, 0.15) is 6.61 Å². The highest BCUT2D eigenvalue weighted by Crippen LogP contribution is 2.37. The first-order valence-corrected chi connectivity index (χ1v) is 11.5. The first kappa shape index (κ1) is 19.9. The number of methoxy groups -OCH3 is 1. The zero-order chi connectivity index (χ0) is 18.7. The third kappa shape index (κ3) is 5.54. The van der Waals surface area contributed by atoms with Crippen molar-refractivity contribution in [3.05, 3.63) is 34.3 Å². The van der Waals surface area contributed by atoms with Crippen molar-refractivity contribution in [2.24, 2.45) is 0 Å². The second-order valence-corrected chi connectivity index (χ2v) is 12.3. The Bertz CT molecular complexity index is 659. The zero-order valence-electron chi connectivity index (χ0n) is 15.2. The summed E-state index contributed by atoms with van der Waals surface area (Å²) in [6.07, 6.45) is 7.09. The molecule has 0 heterocycles. The largest absolute Gasteiger partial charge is 0.469 e. The molecule has 25 heavy (non-hydrogen) atoms. The molecule has 0 saturated carbocycles. The fourth-order valence-electron chi connectivity index (χ4n) is 2.98. The van der Waals surface area contributed by atoms with Crippen LogP contribution < -0.4 is 5.32 Å². The molecule has 1 aromatic rings. The lowest BCUT2D eigenvalue weighted by Gasteiger charge is -2.29. The monoisotopic (exact) mass is 387 g/mol. The smallest absolute Gasteiger partial charge is 0.407 e. The van der Waals surface area contributed by atoms with Crippen LogP contribution in [0.25, 0.3) is 0 Å². The number of halogens is 1. The summed E-state index contributed by atoms with van der Waals surface area (Å²) >= 11 is 6.28. The molecule has 1 aliphatic rings. The minimum absolute atomic E-state index is 0.0775. The molecule has 140 valence electrons. The van der Waals surface area contributed by atoms with Gasteiger partial charge in [-0.05, 0) is 48.8 Å². The number of benzene rings is 1. The summed E-state index contributed by atoms with van der Waals surface area (Å²) in [5.74, 6) is 0.472. The number of ether oxygens (including phenoxy) is 2. The lowest BCUT2D eigenvalue weighted by Crippen LogP contribution is -2.51. The van der Waals surface area contributed by atoms with Crippen LogP contribution in [0.1, 0.15) is 17.5 Å². The molecule has 1 atom stereocenters. The number of rotatable bonds is 6. The molecule has 0 aromatic heterocycles. The maximum Gasteiger partial charge on any atom is 0.407 e. The van der Waals surface area contributed by atoms with E-state index < -0.39 is 21.7 Å². The van der Waals surface area contributed by atoms with Gasteiger partial charge in [0.2, 0.25) is 0 Å². The minimum Gasteiger partial charge on any atom is -0.469 e. The number of amides is 1. The predicted octanol–water partition coefficient (Wildman–Crippen LogP) is 3.16. The number of hydrogen-bond donors (Lipinski definition) is 1. The van der Waals surface area contributed by atoms with Gasteiger partial charge >= 0.3 is 12.1 Å². The van der Waals surface area contributed by atoms with Crippen LogP contribution in [-0.4, -0.2) is 55.8 Å². The lowest BCUT2D eigenvalue weighted by molar-refractivity contribution is -0.142. The summed E-state index contributed by atoms with van der Waals surface area (Å²) in [5.41, 5.74) is 1.25. The number of alkyl carbamates (subject to hydrolysis) is 1. The van der Waals surface area contributed by atoms with Crippen molar-refractivity contribution in [2.45, 2.75) is 24.8 Å². The molecule has 1 N–H and O–H groups in total. The molecule has 0 spiro atoms. The van der Waals surface area contributed by atoms with Gasteiger partial charge in [0.15, 0.2) is 0 Å². The van der Waals surface area contributed by atoms with Gasteiger partial charge in [-0.1, -0.05) is 23.7 Å². The van der Waals surface area contributed by atoms with Crippen LogP contribution in [0, 0.1) is 0 Å². The molecule has 7 heteroatoms. The van der Waals surface area contributed by atoms with Crippen molar-refractivity contribution in [1.82, 2.24) is 5.32 Å². The van der Waals surface area contributed by atoms with E-state index >= 15 is 0 Å². The van der Waals surface area contributed by atoms with Crippen molar-refractivity contribution in [2.75, 3.05) is 38.2 Å². The summed E-state index contributed by atoms with van der Waals surface area (Å²) in [6.45, 7) is 0.368.